The first-order chi connectivity index (χ1) is 7.55. The van der Waals surface area contributed by atoms with Crippen molar-refractivity contribution in [1.29, 1.82) is 5.26 Å². The third-order valence-electron chi connectivity index (χ3n) is 2.31. The molecular formula is C12H12F3N. The van der Waals surface area contributed by atoms with Crippen LogP contribution < -0.4 is 0 Å². The van der Waals surface area contributed by atoms with Crippen LogP contribution in [0.15, 0.2) is 24.3 Å². The van der Waals surface area contributed by atoms with Crippen molar-refractivity contribution in [3.8, 4) is 6.07 Å². The van der Waals surface area contributed by atoms with Crippen molar-refractivity contribution in [2.45, 2.75) is 31.9 Å². The zero-order valence-electron chi connectivity index (χ0n) is 8.72. The van der Waals surface area contributed by atoms with Crippen molar-refractivity contribution in [2.24, 2.45) is 0 Å². The van der Waals surface area contributed by atoms with Gasteiger partial charge in [0.15, 0.2) is 0 Å². The SMILES string of the molecule is N#CCCCCc1ccccc1C(F)(F)F. The fourth-order valence-corrected chi connectivity index (χ4v) is 1.53. The minimum Gasteiger partial charge on any atom is -0.198 e. The summed E-state index contributed by atoms with van der Waals surface area (Å²) in [6, 6.07) is 7.57. The predicted molar refractivity (Wildman–Crippen MR) is 54.6 cm³/mol. The molecule has 1 nitrogen and oxygen atoms in total. The van der Waals surface area contributed by atoms with Crippen LogP contribution in [0.25, 0.3) is 0 Å². The Balaban J connectivity index is 2.69. The van der Waals surface area contributed by atoms with Gasteiger partial charge in [0.05, 0.1) is 11.6 Å². The van der Waals surface area contributed by atoms with Crippen LogP contribution >= 0.6 is 0 Å². The summed E-state index contributed by atoms with van der Waals surface area (Å²) in [6.07, 6.45) is -2.26. The highest BCUT2D eigenvalue weighted by Crippen LogP contribution is 2.32. The van der Waals surface area contributed by atoms with Gasteiger partial charge in [0.25, 0.3) is 0 Å². The van der Waals surface area contributed by atoms with Gasteiger partial charge < -0.3 is 0 Å². The van der Waals surface area contributed by atoms with E-state index in [0.29, 0.717) is 31.2 Å². The molecule has 16 heavy (non-hydrogen) atoms. The highest BCUT2D eigenvalue weighted by atomic mass is 19.4. The summed E-state index contributed by atoms with van der Waals surface area (Å²) in [4.78, 5) is 0. The molecule has 0 N–H and O–H groups in total. The fourth-order valence-electron chi connectivity index (χ4n) is 1.53. The van der Waals surface area contributed by atoms with E-state index in [1.165, 1.54) is 12.1 Å². The van der Waals surface area contributed by atoms with E-state index in [4.69, 9.17) is 5.26 Å². The topological polar surface area (TPSA) is 23.8 Å². The number of aryl methyl sites for hydroxylation is 1. The third-order valence-corrected chi connectivity index (χ3v) is 2.31. The molecule has 4 heteroatoms. The van der Waals surface area contributed by atoms with E-state index in [1.807, 2.05) is 6.07 Å². The number of nitrogens with zero attached hydrogens (tertiary/aromatic N) is 1. The van der Waals surface area contributed by atoms with Gasteiger partial charge >= 0.3 is 6.18 Å². The molecule has 0 heterocycles. The van der Waals surface area contributed by atoms with E-state index < -0.39 is 11.7 Å². The molecule has 0 aliphatic carbocycles. The van der Waals surface area contributed by atoms with E-state index in [0.717, 1.165) is 6.07 Å². The molecule has 0 amide bonds. The molecule has 0 aliphatic heterocycles. The summed E-state index contributed by atoms with van der Waals surface area (Å²) in [6.45, 7) is 0. The normalized spacial score (nSPS) is 11.1. The number of unbranched alkanes of at least 4 members (excludes halogenated alkanes) is 2. The summed E-state index contributed by atoms with van der Waals surface area (Å²) in [7, 11) is 0. The van der Waals surface area contributed by atoms with Gasteiger partial charge in [-0.3, -0.25) is 0 Å². The maximum absolute atomic E-state index is 12.6. The largest absolute Gasteiger partial charge is 0.416 e. The first-order valence-electron chi connectivity index (χ1n) is 5.08. The lowest BCUT2D eigenvalue weighted by Gasteiger charge is -2.11. The Bertz CT molecular complexity index is 377. The Morgan fingerprint density at radius 1 is 1.12 bits per heavy atom. The maximum atomic E-state index is 12.6. The van der Waals surface area contributed by atoms with Gasteiger partial charge in [-0.25, -0.2) is 0 Å². The van der Waals surface area contributed by atoms with E-state index in [1.54, 1.807) is 6.07 Å². The summed E-state index contributed by atoms with van der Waals surface area (Å²) >= 11 is 0. The first kappa shape index (κ1) is 12.6. The van der Waals surface area contributed by atoms with Crippen LogP contribution in [0.2, 0.25) is 0 Å². The van der Waals surface area contributed by atoms with Crippen LogP contribution in [0.3, 0.4) is 0 Å². The lowest BCUT2D eigenvalue weighted by molar-refractivity contribution is -0.138. The van der Waals surface area contributed by atoms with Crippen LogP contribution in [0, 0.1) is 11.3 Å². The average molecular weight is 227 g/mol. The van der Waals surface area contributed by atoms with Gasteiger partial charge in [-0.15, -0.1) is 0 Å². The number of nitriles is 1. The van der Waals surface area contributed by atoms with Gasteiger partial charge in [-0.05, 0) is 30.9 Å². The van der Waals surface area contributed by atoms with Crippen LogP contribution in [0.1, 0.15) is 30.4 Å². The molecule has 0 radical (unpaired) electrons. The van der Waals surface area contributed by atoms with Crippen LogP contribution in [-0.2, 0) is 12.6 Å². The second-order valence-corrected chi connectivity index (χ2v) is 3.52. The number of rotatable bonds is 4. The van der Waals surface area contributed by atoms with Gasteiger partial charge in [-0.2, -0.15) is 18.4 Å². The lowest BCUT2D eigenvalue weighted by atomic mass is 10.0. The van der Waals surface area contributed by atoms with Gasteiger partial charge in [-0.1, -0.05) is 18.2 Å². The van der Waals surface area contributed by atoms with E-state index in [-0.39, 0.29) is 0 Å². The van der Waals surface area contributed by atoms with Crippen molar-refractivity contribution >= 4 is 0 Å². The zero-order chi connectivity index (χ0) is 12.0. The molecule has 0 aliphatic rings. The highest BCUT2D eigenvalue weighted by molar-refractivity contribution is 5.29. The Morgan fingerprint density at radius 3 is 2.44 bits per heavy atom. The predicted octanol–water partition coefficient (Wildman–Crippen LogP) is 3.94. The molecule has 0 unspecified atom stereocenters. The Morgan fingerprint density at radius 2 is 1.81 bits per heavy atom. The van der Waals surface area contributed by atoms with Crippen LogP contribution in [-0.4, -0.2) is 0 Å². The molecule has 0 fully saturated rings. The molecule has 0 aromatic heterocycles. The molecule has 0 saturated heterocycles. The third kappa shape index (κ3) is 3.58. The molecule has 1 aromatic rings. The summed E-state index contributed by atoms with van der Waals surface area (Å²) in [5, 5.41) is 8.32. The molecule has 0 bridgehead atoms. The quantitative estimate of drug-likeness (QED) is 0.714. The van der Waals surface area contributed by atoms with Crippen molar-refractivity contribution in [1.82, 2.24) is 0 Å². The molecule has 0 atom stereocenters. The van der Waals surface area contributed by atoms with Gasteiger partial charge in [0.2, 0.25) is 0 Å². The molecular weight excluding hydrogens is 215 g/mol. The minimum atomic E-state index is -4.29. The van der Waals surface area contributed by atoms with Crippen molar-refractivity contribution in [3.05, 3.63) is 35.4 Å². The standard InChI is InChI=1S/C12H12F3N/c13-12(14,15)11-8-4-3-7-10(11)6-2-1-5-9-16/h3-4,7-8H,1-2,5-6H2. The van der Waals surface area contributed by atoms with Crippen LogP contribution in [0.5, 0.6) is 0 Å². The molecule has 1 rings (SSSR count). The zero-order valence-corrected chi connectivity index (χ0v) is 8.72. The fraction of sp³-hybridized carbons (Fsp3) is 0.417. The van der Waals surface area contributed by atoms with E-state index >= 15 is 0 Å². The number of hydrogen-bond acceptors (Lipinski definition) is 1. The second-order valence-electron chi connectivity index (χ2n) is 3.52. The number of benzene rings is 1. The monoisotopic (exact) mass is 227 g/mol. The number of halogens is 3. The summed E-state index contributed by atoms with van der Waals surface area (Å²) < 4.78 is 37.7. The first-order valence-corrected chi connectivity index (χ1v) is 5.08. The molecule has 86 valence electrons. The van der Waals surface area contributed by atoms with Crippen LogP contribution in [0.4, 0.5) is 13.2 Å². The number of hydrogen-bond donors (Lipinski definition) is 0. The molecule has 0 spiro atoms. The highest BCUT2D eigenvalue weighted by Gasteiger charge is 2.32. The van der Waals surface area contributed by atoms with E-state index in [2.05, 4.69) is 0 Å². The Hall–Kier alpha value is -1.50. The van der Waals surface area contributed by atoms with Crippen molar-refractivity contribution in [3.63, 3.8) is 0 Å². The van der Waals surface area contributed by atoms with E-state index in [9.17, 15) is 13.2 Å². The lowest BCUT2D eigenvalue weighted by Crippen LogP contribution is -2.08. The van der Waals surface area contributed by atoms with Crippen molar-refractivity contribution in [2.75, 3.05) is 0 Å². The average Bonchev–Trinajstić information content (AvgIpc) is 2.24. The second kappa shape index (κ2) is 5.55. The minimum absolute atomic E-state index is 0.313. The molecule has 0 saturated carbocycles. The Kier molecular flexibility index (Phi) is 4.36. The summed E-state index contributed by atoms with van der Waals surface area (Å²) in [5.41, 5.74) is -0.250. The maximum Gasteiger partial charge on any atom is 0.416 e. The van der Waals surface area contributed by atoms with Crippen molar-refractivity contribution < 1.29 is 13.2 Å². The van der Waals surface area contributed by atoms with Gasteiger partial charge in [0.1, 0.15) is 0 Å². The molecule has 1 aromatic carbocycles. The van der Waals surface area contributed by atoms with Gasteiger partial charge in [0, 0.05) is 6.42 Å². The Labute approximate surface area is 92.5 Å². The number of alkyl halides is 3. The smallest absolute Gasteiger partial charge is 0.198 e. The summed E-state index contributed by atoms with van der Waals surface area (Å²) in [5.74, 6) is 0.